The fraction of sp³-hybridized carbons (Fsp3) is 0.375. The minimum atomic E-state index is -4.44. The van der Waals surface area contributed by atoms with Gasteiger partial charge in [-0.1, -0.05) is 56.5 Å². The summed E-state index contributed by atoms with van der Waals surface area (Å²) in [6, 6.07) is 10.6. The second-order valence-electron chi connectivity index (χ2n) is 5.08. The molecule has 0 saturated carbocycles. The summed E-state index contributed by atoms with van der Waals surface area (Å²) in [4.78, 5) is -0.0962. The third-order valence-corrected chi connectivity index (χ3v) is 4.35. The molecule has 0 aliphatic rings. The standard InChI is InChI=1S/C16H20O3S.Na/c1-2-3-4-5-8-13-11-14-9-6-7-10-15(14)16(12-13)20(17,18)19;/h6-7,9-12H,2-5,8H2,1H3,(H,17,18,19);/q;+1/p-1. The topological polar surface area (TPSA) is 57.2 Å². The second kappa shape index (κ2) is 8.30. The van der Waals surface area contributed by atoms with Crippen molar-refractivity contribution in [3.05, 3.63) is 42.0 Å². The van der Waals surface area contributed by atoms with E-state index in [0.29, 0.717) is 5.39 Å². The molecule has 2 rings (SSSR count). The van der Waals surface area contributed by atoms with E-state index in [1.807, 2.05) is 18.2 Å². The summed E-state index contributed by atoms with van der Waals surface area (Å²) in [7, 11) is -4.44. The van der Waals surface area contributed by atoms with Crippen molar-refractivity contribution in [2.75, 3.05) is 0 Å². The summed E-state index contributed by atoms with van der Waals surface area (Å²) in [5.74, 6) is 0. The van der Waals surface area contributed by atoms with Crippen molar-refractivity contribution in [3.8, 4) is 0 Å². The van der Waals surface area contributed by atoms with Gasteiger partial charge in [0.05, 0.1) is 4.90 Å². The first kappa shape index (κ1) is 18.7. The molecule has 21 heavy (non-hydrogen) atoms. The zero-order chi connectivity index (χ0) is 14.6. The van der Waals surface area contributed by atoms with Gasteiger partial charge in [0.1, 0.15) is 10.1 Å². The molecule has 2 aromatic carbocycles. The summed E-state index contributed by atoms with van der Waals surface area (Å²) in [5, 5.41) is 1.33. The molecule has 3 nitrogen and oxygen atoms in total. The number of aryl methyl sites for hydroxylation is 1. The smallest absolute Gasteiger partial charge is 0.744 e. The Balaban J connectivity index is 0.00000220. The molecule has 2 aromatic rings. The van der Waals surface area contributed by atoms with Gasteiger partial charge in [0.15, 0.2) is 0 Å². The molecule has 0 aliphatic heterocycles. The minimum absolute atomic E-state index is 0. The Bertz CT molecular complexity index is 696. The molecule has 0 radical (unpaired) electrons. The van der Waals surface area contributed by atoms with E-state index in [2.05, 4.69) is 6.92 Å². The predicted octanol–water partition coefficient (Wildman–Crippen LogP) is 0.871. The summed E-state index contributed by atoms with van der Waals surface area (Å²) >= 11 is 0. The first-order valence-electron chi connectivity index (χ1n) is 7.00. The summed E-state index contributed by atoms with van der Waals surface area (Å²) in [5.41, 5.74) is 0.925. The summed E-state index contributed by atoms with van der Waals surface area (Å²) in [6.07, 6.45) is 5.30. The van der Waals surface area contributed by atoms with Crippen LogP contribution < -0.4 is 29.6 Å². The van der Waals surface area contributed by atoms with Crippen molar-refractivity contribution in [2.24, 2.45) is 0 Å². The van der Waals surface area contributed by atoms with Crippen molar-refractivity contribution in [1.82, 2.24) is 0 Å². The van der Waals surface area contributed by atoms with Crippen LogP contribution in [0.1, 0.15) is 38.2 Å². The van der Waals surface area contributed by atoms with Crippen LogP contribution in [-0.4, -0.2) is 13.0 Å². The molecule has 0 spiro atoms. The van der Waals surface area contributed by atoms with Crippen LogP contribution >= 0.6 is 0 Å². The minimum Gasteiger partial charge on any atom is -0.744 e. The number of unbranched alkanes of at least 4 members (excludes halogenated alkanes) is 3. The fourth-order valence-electron chi connectivity index (χ4n) is 2.44. The second-order valence-corrected chi connectivity index (χ2v) is 6.43. The van der Waals surface area contributed by atoms with Crippen LogP contribution in [0.5, 0.6) is 0 Å². The first-order chi connectivity index (χ1) is 9.52. The van der Waals surface area contributed by atoms with E-state index in [1.165, 1.54) is 12.5 Å². The molecule has 0 aromatic heterocycles. The van der Waals surface area contributed by atoms with Gasteiger partial charge in [-0.05, 0) is 35.2 Å². The largest absolute Gasteiger partial charge is 1.00 e. The van der Waals surface area contributed by atoms with Crippen molar-refractivity contribution < 1.29 is 42.5 Å². The van der Waals surface area contributed by atoms with Crippen LogP contribution in [0, 0.1) is 0 Å². The normalized spacial score (nSPS) is 11.3. The van der Waals surface area contributed by atoms with E-state index in [4.69, 9.17) is 0 Å². The van der Waals surface area contributed by atoms with E-state index in [0.717, 1.165) is 36.6 Å². The Kier molecular flexibility index (Phi) is 7.37. The predicted molar refractivity (Wildman–Crippen MR) is 79.8 cm³/mol. The van der Waals surface area contributed by atoms with Gasteiger partial charge >= 0.3 is 29.6 Å². The maximum atomic E-state index is 11.4. The van der Waals surface area contributed by atoms with E-state index < -0.39 is 10.1 Å². The van der Waals surface area contributed by atoms with Crippen LogP contribution in [0.15, 0.2) is 41.3 Å². The number of rotatable bonds is 6. The maximum Gasteiger partial charge on any atom is 1.00 e. The number of hydrogen-bond donors (Lipinski definition) is 0. The molecule has 0 bridgehead atoms. The third-order valence-electron chi connectivity index (χ3n) is 3.47. The quantitative estimate of drug-likeness (QED) is 0.452. The zero-order valence-corrected chi connectivity index (χ0v) is 15.4. The maximum absolute atomic E-state index is 11.4. The van der Waals surface area contributed by atoms with Gasteiger partial charge in [-0.2, -0.15) is 0 Å². The van der Waals surface area contributed by atoms with E-state index in [1.54, 1.807) is 12.1 Å². The molecule has 0 amide bonds. The van der Waals surface area contributed by atoms with E-state index in [9.17, 15) is 13.0 Å². The molecule has 0 aliphatic carbocycles. The van der Waals surface area contributed by atoms with Gasteiger partial charge in [0.2, 0.25) is 0 Å². The number of benzene rings is 2. The Morgan fingerprint density at radius 3 is 2.43 bits per heavy atom. The molecule has 0 fully saturated rings. The number of fused-ring (bicyclic) bond motifs is 1. The Hall–Kier alpha value is -0.390. The SMILES string of the molecule is CCCCCCc1cc(S(=O)(=O)[O-])c2ccccc2c1.[Na+]. The van der Waals surface area contributed by atoms with Crippen LogP contribution in [0.25, 0.3) is 10.8 Å². The molecule has 0 saturated heterocycles. The van der Waals surface area contributed by atoms with Crippen molar-refractivity contribution in [2.45, 2.75) is 43.9 Å². The van der Waals surface area contributed by atoms with Gasteiger partial charge in [-0.3, -0.25) is 0 Å². The molecule has 0 heterocycles. The van der Waals surface area contributed by atoms with Gasteiger partial charge in [0, 0.05) is 0 Å². The molecule has 108 valence electrons. The van der Waals surface area contributed by atoms with E-state index >= 15 is 0 Å². The Morgan fingerprint density at radius 2 is 1.76 bits per heavy atom. The van der Waals surface area contributed by atoms with Gasteiger partial charge < -0.3 is 4.55 Å². The number of hydrogen-bond acceptors (Lipinski definition) is 3. The average molecular weight is 314 g/mol. The van der Waals surface area contributed by atoms with Crippen LogP contribution in [0.3, 0.4) is 0 Å². The third kappa shape index (κ3) is 5.08. The van der Waals surface area contributed by atoms with Gasteiger partial charge in [-0.15, -0.1) is 0 Å². The molecule has 5 heteroatoms. The van der Waals surface area contributed by atoms with Crippen molar-refractivity contribution in [3.63, 3.8) is 0 Å². The summed E-state index contributed by atoms with van der Waals surface area (Å²) < 4.78 is 34.3. The van der Waals surface area contributed by atoms with Crippen LogP contribution in [-0.2, 0) is 16.5 Å². The zero-order valence-electron chi connectivity index (χ0n) is 12.6. The molecular weight excluding hydrogens is 295 g/mol. The van der Waals surface area contributed by atoms with Gasteiger partial charge in [-0.25, -0.2) is 8.42 Å². The van der Waals surface area contributed by atoms with Crippen LogP contribution in [0.4, 0.5) is 0 Å². The summed E-state index contributed by atoms with van der Waals surface area (Å²) in [6.45, 7) is 2.15. The molecular formula is C16H19NaO3S. The average Bonchev–Trinajstić information content (AvgIpc) is 2.42. The molecule has 0 N–H and O–H groups in total. The van der Waals surface area contributed by atoms with Crippen molar-refractivity contribution >= 4 is 20.9 Å². The Morgan fingerprint density at radius 1 is 1.05 bits per heavy atom. The van der Waals surface area contributed by atoms with Gasteiger partial charge in [0.25, 0.3) is 0 Å². The fourth-order valence-corrected chi connectivity index (χ4v) is 3.19. The first-order valence-corrected chi connectivity index (χ1v) is 8.41. The van der Waals surface area contributed by atoms with Crippen molar-refractivity contribution in [1.29, 1.82) is 0 Å². The van der Waals surface area contributed by atoms with E-state index in [-0.39, 0.29) is 34.5 Å². The molecule has 0 unspecified atom stereocenters. The Labute approximate surface area is 148 Å². The molecule has 0 atom stereocenters. The monoisotopic (exact) mass is 314 g/mol. The van der Waals surface area contributed by atoms with Crippen LogP contribution in [0.2, 0.25) is 0 Å².